The van der Waals surface area contributed by atoms with Crippen LogP contribution in [0.15, 0.2) is 54.6 Å². The second kappa shape index (κ2) is 16.3. The van der Waals surface area contributed by atoms with Crippen LogP contribution in [0.25, 0.3) is 11.1 Å². The monoisotopic (exact) mass is 643 g/mol. The quantitative estimate of drug-likeness (QED) is 0.153. The molecular formula is C35H45N7O5. The van der Waals surface area contributed by atoms with Gasteiger partial charge in [-0.05, 0) is 60.6 Å². The summed E-state index contributed by atoms with van der Waals surface area (Å²) >= 11 is 0. The summed E-state index contributed by atoms with van der Waals surface area (Å²) < 4.78 is 10.2. The molecule has 0 spiro atoms. The summed E-state index contributed by atoms with van der Waals surface area (Å²) in [6.45, 7) is 1.73. The van der Waals surface area contributed by atoms with E-state index < -0.39 is 6.04 Å². The highest BCUT2D eigenvalue weighted by Crippen LogP contribution is 2.42. The second-order valence-electron chi connectivity index (χ2n) is 12.1. The van der Waals surface area contributed by atoms with Crippen LogP contribution in [0.3, 0.4) is 0 Å². The lowest BCUT2D eigenvalue weighted by atomic mass is 9.84. The van der Waals surface area contributed by atoms with Crippen molar-refractivity contribution >= 4 is 29.2 Å². The zero-order valence-electron chi connectivity index (χ0n) is 27.2. The first-order valence-electron chi connectivity index (χ1n) is 16.3. The predicted molar refractivity (Wildman–Crippen MR) is 180 cm³/mol. The number of carbonyl (C=O) groups excluding carboxylic acids is 3. The Bertz CT molecular complexity index is 1520. The van der Waals surface area contributed by atoms with Crippen LogP contribution in [0.1, 0.15) is 54.0 Å². The fourth-order valence-corrected chi connectivity index (χ4v) is 6.52. The highest BCUT2D eigenvalue weighted by molar-refractivity contribution is 5.94. The molecule has 12 nitrogen and oxygen atoms in total. The number of rotatable bonds is 14. The van der Waals surface area contributed by atoms with Crippen molar-refractivity contribution in [2.45, 2.75) is 57.2 Å². The van der Waals surface area contributed by atoms with Crippen molar-refractivity contribution in [1.82, 2.24) is 25.9 Å². The molecule has 1 saturated carbocycles. The third-order valence-corrected chi connectivity index (χ3v) is 8.84. The fourth-order valence-electron chi connectivity index (χ4n) is 6.52. The first-order valence-corrected chi connectivity index (χ1v) is 16.3. The van der Waals surface area contributed by atoms with Gasteiger partial charge in [0.1, 0.15) is 17.7 Å². The van der Waals surface area contributed by atoms with Crippen LogP contribution in [-0.4, -0.2) is 80.3 Å². The van der Waals surface area contributed by atoms with E-state index in [1.165, 1.54) is 0 Å². The molecule has 2 aliphatic rings. The van der Waals surface area contributed by atoms with Gasteiger partial charge in [-0.25, -0.2) is 9.97 Å². The van der Waals surface area contributed by atoms with Crippen LogP contribution < -0.4 is 26.6 Å². The number of nitrogens with two attached hydrogens (primary N) is 1. The van der Waals surface area contributed by atoms with Gasteiger partial charge < -0.3 is 36.1 Å². The number of fused-ring (bicyclic) bond motifs is 1. The molecule has 47 heavy (non-hydrogen) atoms. The molecule has 1 aliphatic heterocycles. The van der Waals surface area contributed by atoms with Crippen molar-refractivity contribution in [2.24, 2.45) is 5.92 Å². The van der Waals surface area contributed by atoms with E-state index in [2.05, 4.69) is 25.8 Å². The Balaban J connectivity index is 1.37. The van der Waals surface area contributed by atoms with Gasteiger partial charge in [0.15, 0.2) is 0 Å². The zero-order valence-corrected chi connectivity index (χ0v) is 27.2. The molecule has 1 saturated heterocycles. The molecule has 3 aromatic rings. The largest absolute Gasteiger partial charge is 0.399 e. The molecule has 5 N–H and O–H groups in total. The number of aromatic nitrogens is 2. The maximum atomic E-state index is 13.5. The van der Waals surface area contributed by atoms with E-state index in [-0.39, 0.29) is 36.7 Å². The minimum atomic E-state index is -0.403. The van der Waals surface area contributed by atoms with Crippen molar-refractivity contribution in [3.63, 3.8) is 0 Å². The summed E-state index contributed by atoms with van der Waals surface area (Å²) in [5, 5.41) is 8.81. The number of hydrogen-bond donors (Lipinski definition) is 4. The molecule has 5 rings (SSSR count). The van der Waals surface area contributed by atoms with Gasteiger partial charge in [0.05, 0.1) is 31.9 Å². The van der Waals surface area contributed by atoms with Gasteiger partial charge in [0.2, 0.25) is 11.8 Å². The highest BCUT2D eigenvalue weighted by Gasteiger charge is 2.46. The molecule has 0 radical (unpaired) electrons. The summed E-state index contributed by atoms with van der Waals surface area (Å²) in [5.74, 6) is 0.742. The minimum absolute atomic E-state index is 0.0439. The van der Waals surface area contributed by atoms with Gasteiger partial charge in [-0.15, -0.1) is 0 Å². The normalized spacial score (nSPS) is 18.8. The first kappa shape index (κ1) is 33.8. The molecule has 250 valence electrons. The average Bonchev–Trinajstić information content (AvgIpc) is 3.48. The Morgan fingerprint density at radius 2 is 1.53 bits per heavy atom. The third-order valence-electron chi connectivity index (χ3n) is 8.84. The standard InChI is InChI=1S/C35H45N7O5/c1-46-17-15-37-33(43)21-31-40-28(22-39-34(44)25-9-7-23(8-10-25)24-11-13-27(36)14-12-24)20-32(41-31)42-29-6-4-3-5-26(29)19-30(42)35(45)38-16-18-47-2/h7-14,20,26,29-30H,3-6,15-19,21-22,36H2,1-2H3,(H,37,43)(H,38,45)(H,39,44)/t26-,29-,30-/m0/s1. The number of methoxy groups -OCH3 is 2. The molecule has 3 atom stereocenters. The molecular weight excluding hydrogens is 598 g/mol. The number of ether oxygens (including phenoxy) is 2. The molecule has 0 bridgehead atoms. The number of carbonyl (C=O) groups is 3. The van der Waals surface area contributed by atoms with Gasteiger partial charge in [0, 0.05) is 50.7 Å². The Kier molecular flexibility index (Phi) is 11.7. The number of nitrogens with one attached hydrogen (secondary N) is 3. The summed E-state index contributed by atoms with van der Waals surface area (Å²) in [6, 6.07) is 16.5. The van der Waals surface area contributed by atoms with Gasteiger partial charge in [-0.2, -0.15) is 0 Å². The highest BCUT2D eigenvalue weighted by atomic mass is 16.5. The molecule has 2 fully saturated rings. The predicted octanol–water partition coefficient (Wildman–Crippen LogP) is 2.86. The van der Waals surface area contributed by atoms with Crippen molar-refractivity contribution in [2.75, 3.05) is 51.2 Å². The lowest BCUT2D eigenvalue weighted by Gasteiger charge is -2.34. The smallest absolute Gasteiger partial charge is 0.251 e. The number of benzene rings is 2. The molecule has 2 heterocycles. The average molecular weight is 644 g/mol. The van der Waals surface area contributed by atoms with Crippen LogP contribution in [0.2, 0.25) is 0 Å². The maximum absolute atomic E-state index is 13.5. The van der Waals surface area contributed by atoms with E-state index in [0.717, 1.165) is 43.2 Å². The van der Waals surface area contributed by atoms with Crippen LogP contribution in [0.4, 0.5) is 11.5 Å². The van der Waals surface area contributed by atoms with E-state index in [1.54, 1.807) is 26.4 Å². The van der Waals surface area contributed by atoms with Gasteiger partial charge >= 0.3 is 0 Å². The Morgan fingerprint density at radius 1 is 0.872 bits per heavy atom. The van der Waals surface area contributed by atoms with Crippen molar-refractivity contribution in [3.05, 3.63) is 71.7 Å². The maximum Gasteiger partial charge on any atom is 0.251 e. The zero-order chi connectivity index (χ0) is 33.2. The number of hydrogen-bond acceptors (Lipinski definition) is 9. The van der Waals surface area contributed by atoms with Crippen LogP contribution >= 0.6 is 0 Å². The Labute approximate surface area is 275 Å². The van der Waals surface area contributed by atoms with Crippen molar-refractivity contribution in [3.8, 4) is 11.1 Å². The molecule has 12 heteroatoms. The Hall–Kier alpha value is -4.55. The molecule has 1 aromatic heterocycles. The lowest BCUT2D eigenvalue weighted by molar-refractivity contribution is -0.122. The molecule has 2 aromatic carbocycles. The van der Waals surface area contributed by atoms with Crippen LogP contribution in [-0.2, 0) is 32.0 Å². The van der Waals surface area contributed by atoms with E-state index >= 15 is 0 Å². The van der Waals surface area contributed by atoms with Crippen molar-refractivity contribution < 1.29 is 23.9 Å². The number of amides is 3. The molecule has 1 aliphatic carbocycles. The summed E-state index contributed by atoms with van der Waals surface area (Å²) in [4.78, 5) is 51.0. The fraction of sp³-hybridized carbons (Fsp3) is 0.457. The second-order valence-corrected chi connectivity index (χ2v) is 12.1. The summed E-state index contributed by atoms with van der Waals surface area (Å²) in [7, 11) is 3.18. The van der Waals surface area contributed by atoms with Crippen LogP contribution in [0, 0.1) is 5.92 Å². The minimum Gasteiger partial charge on any atom is -0.399 e. The van der Waals surface area contributed by atoms with E-state index in [9.17, 15) is 14.4 Å². The number of nitrogens with zero attached hydrogens (tertiary/aromatic N) is 3. The Morgan fingerprint density at radius 3 is 2.23 bits per heavy atom. The lowest BCUT2D eigenvalue weighted by Crippen LogP contribution is -2.48. The summed E-state index contributed by atoms with van der Waals surface area (Å²) in [6.07, 6.45) is 4.93. The van der Waals surface area contributed by atoms with Crippen LogP contribution in [0.5, 0.6) is 0 Å². The third kappa shape index (κ3) is 8.83. The van der Waals surface area contributed by atoms with E-state index in [1.807, 2.05) is 42.5 Å². The summed E-state index contributed by atoms with van der Waals surface area (Å²) in [5.41, 5.74) is 9.55. The van der Waals surface area contributed by atoms with Gasteiger partial charge in [-0.3, -0.25) is 14.4 Å². The van der Waals surface area contributed by atoms with E-state index in [4.69, 9.17) is 20.2 Å². The SMILES string of the molecule is COCCNC(=O)Cc1nc(CNC(=O)c2ccc(-c3ccc(N)cc3)cc2)cc(N2[C@H](C(=O)NCCOC)C[C@@H]3CCCC[C@@H]32)n1. The number of anilines is 2. The molecule has 3 amide bonds. The first-order chi connectivity index (χ1) is 22.9. The van der Waals surface area contributed by atoms with Gasteiger partial charge in [-0.1, -0.05) is 37.1 Å². The number of nitrogen functional groups attached to an aromatic ring is 1. The van der Waals surface area contributed by atoms with E-state index in [0.29, 0.717) is 60.8 Å². The topological polar surface area (TPSA) is 161 Å². The van der Waals surface area contributed by atoms with Gasteiger partial charge in [0.25, 0.3) is 5.91 Å². The molecule has 0 unspecified atom stereocenters. The van der Waals surface area contributed by atoms with Crippen molar-refractivity contribution in [1.29, 1.82) is 0 Å².